The maximum atomic E-state index is 12.3. The first-order chi connectivity index (χ1) is 10.1. The number of rotatable bonds is 6. The number of halogens is 1. The topological polar surface area (TPSA) is 54.0 Å². The van der Waals surface area contributed by atoms with E-state index < -0.39 is 0 Å². The molecule has 1 saturated carbocycles. The Kier molecular flexibility index (Phi) is 6.18. The standard InChI is InChI=1S/C15H22ClN3OS/c1-3-17-13-8-7-12(16)14(19-13)15(20)18-10-5-6-11(9-10)21-4-2/h7-8,10-11H,3-6,9H2,1-2H3,(H,17,19)(H,18,20). The summed E-state index contributed by atoms with van der Waals surface area (Å²) >= 11 is 8.07. The van der Waals surface area contributed by atoms with Gasteiger partial charge in [-0.1, -0.05) is 18.5 Å². The largest absolute Gasteiger partial charge is 0.370 e. The van der Waals surface area contributed by atoms with Gasteiger partial charge >= 0.3 is 0 Å². The molecule has 1 aliphatic rings. The molecule has 116 valence electrons. The molecular weight excluding hydrogens is 306 g/mol. The highest BCUT2D eigenvalue weighted by Gasteiger charge is 2.27. The Labute approximate surface area is 135 Å². The zero-order chi connectivity index (χ0) is 15.2. The zero-order valence-corrected chi connectivity index (χ0v) is 14.1. The smallest absolute Gasteiger partial charge is 0.271 e. The van der Waals surface area contributed by atoms with E-state index in [1.807, 2.05) is 18.7 Å². The van der Waals surface area contributed by atoms with Crippen molar-refractivity contribution in [1.29, 1.82) is 0 Å². The summed E-state index contributed by atoms with van der Waals surface area (Å²) in [5, 5.41) is 7.22. The van der Waals surface area contributed by atoms with Crippen LogP contribution in [0, 0.1) is 0 Å². The number of anilines is 1. The number of hydrogen-bond acceptors (Lipinski definition) is 4. The molecular formula is C15H22ClN3OS. The van der Waals surface area contributed by atoms with Crippen LogP contribution >= 0.6 is 23.4 Å². The Balaban J connectivity index is 1.98. The highest BCUT2D eigenvalue weighted by atomic mass is 35.5. The third-order valence-electron chi connectivity index (χ3n) is 3.54. The lowest BCUT2D eigenvalue weighted by Gasteiger charge is -2.14. The summed E-state index contributed by atoms with van der Waals surface area (Å²) in [6, 6.07) is 3.74. The monoisotopic (exact) mass is 327 g/mol. The summed E-state index contributed by atoms with van der Waals surface area (Å²) in [4.78, 5) is 16.6. The van der Waals surface area contributed by atoms with E-state index in [-0.39, 0.29) is 11.9 Å². The van der Waals surface area contributed by atoms with Crippen molar-refractivity contribution in [2.45, 2.75) is 44.4 Å². The molecule has 1 heterocycles. The summed E-state index contributed by atoms with van der Waals surface area (Å²) in [5.41, 5.74) is 0.307. The van der Waals surface area contributed by atoms with Crippen LogP contribution in [0.25, 0.3) is 0 Å². The van der Waals surface area contributed by atoms with Crippen LogP contribution in [0.1, 0.15) is 43.6 Å². The molecule has 0 aliphatic heterocycles. The normalized spacial score (nSPS) is 21.3. The minimum absolute atomic E-state index is 0.174. The minimum atomic E-state index is -0.174. The number of pyridine rings is 1. The Bertz CT molecular complexity index is 498. The van der Waals surface area contributed by atoms with Gasteiger partial charge in [0, 0.05) is 17.8 Å². The van der Waals surface area contributed by atoms with Crippen LogP contribution in [0.4, 0.5) is 5.82 Å². The third kappa shape index (κ3) is 4.51. The van der Waals surface area contributed by atoms with Crippen LogP contribution in [0.3, 0.4) is 0 Å². The number of nitrogens with zero attached hydrogens (tertiary/aromatic N) is 1. The van der Waals surface area contributed by atoms with E-state index >= 15 is 0 Å². The first-order valence-electron chi connectivity index (χ1n) is 7.46. The van der Waals surface area contributed by atoms with Gasteiger partial charge < -0.3 is 10.6 Å². The van der Waals surface area contributed by atoms with Crippen molar-refractivity contribution in [2.75, 3.05) is 17.6 Å². The third-order valence-corrected chi connectivity index (χ3v) is 5.08. The number of thioether (sulfide) groups is 1. The van der Waals surface area contributed by atoms with Crippen molar-refractivity contribution in [3.63, 3.8) is 0 Å². The van der Waals surface area contributed by atoms with E-state index in [1.54, 1.807) is 12.1 Å². The van der Waals surface area contributed by atoms with Gasteiger partial charge in [0.25, 0.3) is 5.91 Å². The SMILES string of the molecule is CCNc1ccc(Cl)c(C(=O)NC2CCC(SCC)C2)n1. The van der Waals surface area contributed by atoms with Gasteiger partial charge in [-0.3, -0.25) is 4.79 Å². The van der Waals surface area contributed by atoms with Crippen molar-refractivity contribution in [3.05, 3.63) is 22.8 Å². The number of hydrogen-bond donors (Lipinski definition) is 2. The molecule has 1 aromatic heterocycles. The fraction of sp³-hybridized carbons (Fsp3) is 0.600. The predicted molar refractivity (Wildman–Crippen MR) is 90.4 cm³/mol. The summed E-state index contributed by atoms with van der Waals surface area (Å²) in [6.45, 7) is 4.92. The maximum absolute atomic E-state index is 12.3. The number of nitrogens with one attached hydrogen (secondary N) is 2. The quantitative estimate of drug-likeness (QED) is 0.838. The van der Waals surface area contributed by atoms with Crippen molar-refractivity contribution >= 4 is 35.1 Å². The van der Waals surface area contributed by atoms with Crippen molar-refractivity contribution in [2.24, 2.45) is 0 Å². The van der Waals surface area contributed by atoms with Gasteiger partial charge in [0.05, 0.1) is 5.02 Å². The first kappa shape index (κ1) is 16.4. The molecule has 0 bridgehead atoms. The van der Waals surface area contributed by atoms with Crippen LogP contribution in [-0.2, 0) is 0 Å². The molecule has 0 spiro atoms. The molecule has 2 rings (SSSR count). The lowest BCUT2D eigenvalue weighted by molar-refractivity contribution is 0.0933. The van der Waals surface area contributed by atoms with Gasteiger partial charge in [0.2, 0.25) is 0 Å². The van der Waals surface area contributed by atoms with E-state index in [2.05, 4.69) is 22.5 Å². The molecule has 0 aromatic carbocycles. The van der Waals surface area contributed by atoms with Crippen molar-refractivity contribution in [1.82, 2.24) is 10.3 Å². The average molecular weight is 328 g/mol. The first-order valence-corrected chi connectivity index (χ1v) is 8.89. The van der Waals surface area contributed by atoms with Gasteiger partial charge in [-0.05, 0) is 44.1 Å². The summed E-state index contributed by atoms with van der Waals surface area (Å²) in [6.07, 6.45) is 3.24. The Morgan fingerprint density at radius 3 is 2.95 bits per heavy atom. The molecule has 0 saturated heterocycles. The van der Waals surface area contributed by atoms with Crippen LogP contribution in [-0.4, -0.2) is 34.5 Å². The molecule has 2 atom stereocenters. The second-order valence-electron chi connectivity index (χ2n) is 5.12. The number of carbonyl (C=O) groups is 1. The Morgan fingerprint density at radius 1 is 1.43 bits per heavy atom. The number of carbonyl (C=O) groups excluding carboxylic acids is 1. The van der Waals surface area contributed by atoms with Crippen LogP contribution in [0.2, 0.25) is 5.02 Å². The van der Waals surface area contributed by atoms with E-state index in [9.17, 15) is 4.79 Å². The Hall–Kier alpha value is -0.940. The van der Waals surface area contributed by atoms with Crippen LogP contribution in [0.15, 0.2) is 12.1 Å². The highest BCUT2D eigenvalue weighted by Crippen LogP contribution is 2.30. The zero-order valence-electron chi connectivity index (χ0n) is 12.5. The van der Waals surface area contributed by atoms with Gasteiger partial charge in [-0.25, -0.2) is 4.98 Å². The van der Waals surface area contributed by atoms with Gasteiger partial charge in [-0.2, -0.15) is 11.8 Å². The molecule has 4 nitrogen and oxygen atoms in total. The summed E-state index contributed by atoms with van der Waals surface area (Å²) in [5.74, 6) is 1.63. The highest BCUT2D eigenvalue weighted by molar-refractivity contribution is 7.99. The minimum Gasteiger partial charge on any atom is -0.370 e. The molecule has 1 amide bonds. The number of amides is 1. The second kappa shape index (κ2) is 7.90. The van der Waals surface area contributed by atoms with E-state index in [0.717, 1.165) is 25.1 Å². The molecule has 1 aliphatic carbocycles. The lowest BCUT2D eigenvalue weighted by atomic mass is 10.2. The molecule has 1 fully saturated rings. The molecule has 0 radical (unpaired) electrons. The fourth-order valence-corrected chi connectivity index (χ4v) is 3.93. The van der Waals surface area contributed by atoms with Crippen molar-refractivity contribution in [3.8, 4) is 0 Å². The van der Waals surface area contributed by atoms with Crippen LogP contribution in [0.5, 0.6) is 0 Å². The summed E-state index contributed by atoms with van der Waals surface area (Å²) < 4.78 is 0. The van der Waals surface area contributed by atoms with E-state index in [0.29, 0.717) is 21.8 Å². The molecule has 1 aromatic rings. The fourth-order valence-electron chi connectivity index (χ4n) is 2.59. The summed E-state index contributed by atoms with van der Waals surface area (Å²) in [7, 11) is 0. The van der Waals surface area contributed by atoms with E-state index in [4.69, 9.17) is 11.6 Å². The average Bonchev–Trinajstić information content (AvgIpc) is 2.89. The van der Waals surface area contributed by atoms with Crippen molar-refractivity contribution < 1.29 is 4.79 Å². The van der Waals surface area contributed by atoms with E-state index in [1.165, 1.54) is 6.42 Å². The van der Waals surface area contributed by atoms with Gasteiger partial charge in [0.1, 0.15) is 11.5 Å². The molecule has 21 heavy (non-hydrogen) atoms. The second-order valence-corrected chi connectivity index (χ2v) is 7.10. The van der Waals surface area contributed by atoms with Gasteiger partial charge in [-0.15, -0.1) is 0 Å². The predicted octanol–water partition coefficient (Wildman–Crippen LogP) is 3.57. The molecule has 2 unspecified atom stereocenters. The Morgan fingerprint density at radius 2 is 2.24 bits per heavy atom. The van der Waals surface area contributed by atoms with Gasteiger partial charge in [0.15, 0.2) is 0 Å². The lowest BCUT2D eigenvalue weighted by Crippen LogP contribution is -2.34. The molecule has 6 heteroatoms. The van der Waals surface area contributed by atoms with Crippen LogP contribution < -0.4 is 10.6 Å². The number of aromatic nitrogens is 1. The maximum Gasteiger partial charge on any atom is 0.271 e. The molecule has 2 N–H and O–H groups in total.